The summed E-state index contributed by atoms with van der Waals surface area (Å²) in [5.74, 6) is -1.27. The van der Waals surface area contributed by atoms with Gasteiger partial charge < -0.3 is 10.1 Å². The number of thiophene rings is 1. The maximum Gasteiger partial charge on any atom is 0.337 e. The fourth-order valence-electron chi connectivity index (χ4n) is 3.54. The average Bonchev–Trinajstić information content (AvgIpc) is 3.18. The highest BCUT2D eigenvalue weighted by atomic mass is 32.1. The van der Waals surface area contributed by atoms with Gasteiger partial charge in [-0.25, -0.2) is 14.4 Å². The lowest BCUT2D eigenvalue weighted by Gasteiger charge is -2.12. The average molecular weight is 414 g/mol. The molecule has 2 N–H and O–H groups in total. The van der Waals surface area contributed by atoms with Crippen molar-refractivity contribution in [3.63, 3.8) is 0 Å². The highest BCUT2D eigenvalue weighted by Gasteiger charge is 2.26. The number of H-pyrrole nitrogens is 1. The van der Waals surface area contributed by atoms with Crippen LogP contribution in [0.5, 0.6) is 0 Å². The summed E-state index contributed by atoms with van der Waals surface area (Å²) in [6.45, 7) is 3.55. The number of aromatic nitrogens is 4. The summed E-state index contributed by atoms with van der Waals surface area (Å²) in [4.78, 5) is 53.2. The summed E-state index contributed by atoms with van der Waals surface area (Å²) in [6, 6.07) is 6.80. The number of benzene rings is 1. The summed E-state index contributed by atoms with van der Waals surface area (Å²) in [5, 5.41) is 9.84. The van der Waals surface area contributed by atoms with Crippen LogP contribution in [-0.2, 0) is 13.6 Å². The van der Waals surface area contributed by atoms with Crippen molar-refractivity contribution in [3.8, 4) is 0 Å². The molecule has 0 bridgehead atoms. The molecule has 150 valence electrons. The van der Waals surface area contributed by atoms with Crippen molar-refractivity contribution in [2.24, 2.45) is 7.05 Å². The first kappa shape index (κ1) is 18.9. The van der Waals surface area contributed by atoms with Gasteiger partial charge in [0.2, 0.25) is 0 Å². The molecule has 0 spiro atoms. The molecule has 0 aliphatic rings. The van der Waals surface area contributed by atoms with E-state index in [1.165, 1.54) is 16.2 Å². The molecule has 1 aromatic carbocycles. The third kappa shape index (κ3) is 2.75. The van der Waals surface area contributed by atoms with Crippen molar-refractivity contribution >= 4 is 38.6 Å². The van der Waals surface area contributed by atoms with Crippen LogP contribution in [-0.4, -0.2) is 29.8 Å². The number of hydrogen-bond acceptors (Lipinski definition) is 5. The van der Waals surface area contributed by atoms with Crippen LogP contribution < -0.4 is 16.9 Å². The normalized spacial score (nSPS) is 11.7. The predicted octanol–water partition coefficient (Wildman–Crippen LogP) is 1.73. The Balaban J connectivity index is 2.08. The number of carboxylic acids is 1. The zero-order valence-corrected chi connectivity index (χ0v) is 16.7. The molecule has 0 saturated carbocycles. The largest absolute Gasteiger partial charge is 0.478 e. The molecule has 10 heteroatoms. The number of imidazole rings is 1. The van der Waals surface area contributed by atoms with E-state index in [0.717, 1.165) is 15.9 Å². The summed E-state index contributed by atoms with van der Waals surface area (Å²) < 4.78 is 3.76. The van der Waals surface area contributed by atoms with E-state index in [1.54, 1.807) is 38.1 Å². The van der Waals surface area contributed by atoms with Gasteiger partial charge in [0.25, 0.3) is 5.56 Å². The number of aromatic carboxylic acids is 1. The van der Waals surface area contributed by atoms with Gasteiger partial charge in [0.15, 0.2) is 0 Å². The van der Waals surface area contributed by atoms with E-state index < -0.39 is 17.2 Å². The number of nitrogens with zero attached hydrogens (tertiary/aromatic N) is 3. The van der Waals surface area contributed by atoms with E-state index in [4.69, 9.17) is 0 Å². The number of fused-ring (bicyclic) bond motifs is 2. The third-order valence-electron chi connectivity index (χ3n) is 4.91. The van der Waals surface area contributed by atoms with Crippen LogP contribution in [0.1, 0.15) is 35.1 Å². The Hall–Kier alpha value is -3.40. The number of nitrogens with one attached hydrogen (secondary N) is 1. The van der Waals surface area contributed by atoms with Gasteiger partial charge in [-0.15, -0.1) is 11.3 Å². The van der Waals surface area contributed by atoms with Crippen LogP contribution in [0, 0.1) is 0 Å². The molecule has 0 fully saturated rings. The van der Waals surface area contributed by atoms with Crippen LogP contribution in [0.4, 0.5) is 0 Å². The Labute approximate surface area is 167 Å². The topological polar surface area (TPSA) is 119 Å². The van der Waals surface area contributed by atoms with Crippen molar-refractivity contribution in [1.82, 2.24) is 18.7 Å². The van der Waals surface area contributed by atoms with Gasteiger partial charge in [0, 0.05) is 18.0 Å². The lowest BCUT2D eigenvalue weighted by atomic mass is 10.1. The van der Waals surface area contributed by atoms with Gasteiger partial charge in [-0.05, 0) is 26.0 Å². The molecular weight excluding hydrogens is 396 g/mol. The van der Waals surface area contributed by atoms with Crippen LogP contribution in [0.2, 0.25) is 0 Å². The second-order valence-corrected chi connectivity index (χ2v) is 8.11. The molecule has 4 aromatic rings. The fourth-order valence-corrected chi connectivity index (χ4v) is 4.93. The van der Waals surface area contributed by atoms with Crippen LogP contribution in [0.15, 0.2) is 38.6 Å². The molecule has 0 radical (unpaired) electrons. The highest BCUT2D eigenvalue weighted by Crippen LogP contribution is 2.31. The number of carboxylic acid groups (broad SMARTS) is 1. The fraction of sp³-hybridized carbons (Fsp3) is 0.263. The molecule has 0 saturated heterocycles. The first-order valence-corrected chi connectivity index (χ1v) is 9.71. The zero-order chi connectivity index (χ0) is 21.0. The Kier molecular flexibility index (Phi) is 4.30. The Morgan fingerprint density at radius 3 is 2.55 bits per heavy atom. The van der Waals surface area contributed by atoms with E-state index >= 15 is 0 Å². The van der Waals surface area contributed by atoms with Crippen LogP contribution in [0.3, 0.4) is 0 Å². The molecule has 29 heavy (non-hydrogen) atoms. The Morgan fingerprint density at radius 2 is 1.90 bits per heavy atom. The van der Waals surface area contributed by atoms with Gasteiger partial charge in [-0.3, -0.25) is 18.5 Å². The van der Waals surface area contributed by atoms with Gasteiger partial charge in [0.1, 0.15) is 4.83 Å². The monoisotopic (exact) mass is 414 g/mol. The lowest BCUT2D eigenvalue weighted by Crippen LogP contribution is -2.38. The van der Waals surface area contributed by atoms with Crippen LogP contribution >= 0.6 is 11.3 Å². The zero-order valence-electron chi connectivity index (χ0n) is 15.9. The van der Waals surface area contributed by atoms with Gasteiger partial charge in [0.05, 0.1) is 28.5 Å². The predicted molar refractivity (Wildman–Crippen MR) is 110 cm³/mol. The minimum atomic E-state index is -1.27. The van der Waals surface area contributed by atoms with Gasteiger partial charge >= 0.3 is 17.3 Å². The maximum atomic E-state index is 12.8. The smallest absolute Gasteiger partial charge is 0.337 e. The number of aromatic amines is 1. The SMILES string of the molecule is CC(C)n1c(=O)n(C)c(=O)c2c(C(=O)O)c(Cn3c(=O)[nH]c4ccccc43)sc21. The first-order valence-electron chi connectivity index (χ1n) is 8.90. The standard InChI is InChI=1S/C19H18N4O5S/c1-9(2)23-16-14(15(24)21(3)19(23)28)13(17(25)26)12(29-16)8-22-11-7-5-4-6-10(11)20-18(22)27/h4-7,9H,8H2,1-3H3,(H,20,27)(H,25,26). The quantitative estimate of drug-likeness (QED) is 0.527. The molecular formula is C19H18N4O5S. The van der Waals surface area contributed by atoms with Gasteiger partial charge in [-0.2, -0.15) is 0 Å². The summed E-state index contributed by atoms with van der Waals surface area (Å²) >= 11 is 1.05. The molecule has 0 aliphatic heterocycles. The summed E-state index contributed by atoms with van der Waals surface area (Å²) in [7, 11) is 1.33. The number of para-hydroxylation sites is 2. The summed E-state index contributed by atoms with van der Waals surface area (Å²) in [5.41, 5.74) is -0.461. The van der Waals surface area contributed by atoms with E-state index in [0.29, 0.717) is 20.7 Å². The molecule has 0 amide bonds. The lowest BCUT2D eigenvalue weighted by molar-refractivity contribution is 0.0698. The maximum absolute atomic E-state index is 12.8. The highest BCUT2D eigenvalue weighted by molar-refractivity contribution is 7.19. The Morgan fingerprint density at radius 1 is 1.21 bits per heavy atom. The second kappa shape index (κ2) is 6.59. The van der Waals surface area contributed by atoms with Crippen molar-refractivity contribution in [2.75, 3.05) is 0 Å². The molecule has 0 aliphatic carbocycles. The number of rotatable bonds is 4. The van der Waals surface area contributed by atoms with E-state index in [-0.39, 0.29) is 29.2 Å². The van der Waals surface area contributed by atoms with E-state index in [9.17, 15) is 24.3 Å². The number of hydrogen-bond donors (Lipinski definition) is 2. The van der Waals surface area contributed by atoms with Crippen molar-refractivity contribution in [3.05, 3.63) is 66.0 Å². The molecule has 0 atom stereocenters. The summed E-state index contributed by atoms with van der Waals surface area (Å²) in [6.07, 6.45) is 0. The molecule has 3 aromatic heterocycles. The van der Waals surface area contributed by atoms with Crippen molar-refractivity contribution in [2.45, 2.75) is 26.4 Å². The molecule has 9 nitrogen and oxygen atoms in total. The minimum Gasteiger partial charge on any atom is -0.478 e. The van der Waals surface area contributed by atoms with E-state index in [2.05, 4.69) is 4.98 Å². The van der Waals surface area contributed by atoms with Crippen LogP contribution in [0.25, 0.3) is 21.3 Å². The van der Waals surface area contributed by atoms with Crippen molar-refractivity contribution in [1.29, 1.82) is 0 Å². The Bertz CT molecular complexity index is 1460. The molecule has 3 heterocycles. The van der Waals surface area contributed by atoms with Crippen molar-refractivity contribution < 1.29 is 9.90 Å². The van der Waals surface area contributed by atoms with Gasteiger partial charge in [-0.1, -0.05) is 12.1 Å². The molecule has 0 unspecified atom stereocenters. The third-order valence-corrected chi connectivity index (χ3v) is 6.08. The van der Waals surface area contributed by atoms with E-state index in [1.807, 2.05) is 0 Å². The first-order chi connectivity index (χ1) is 13.7. The number of carbonyl (C=O) groups is 1. The minimum absolute atomic E-state index is 0.0128. The molecule has 4 rings (SSSR count). The second-order valence-electron chi connectivity index (χ2n) is 7.03.